The Morgan fingerprint density at radius 2 is 2.20 bits per heavy atom. The lowest BCUT2D eigenvalue weighted by Gasteiger charge is -2.08. The molecule has 0 saturated carbocycles. The number of rotatable bonds is 7. The summed E-state index contributed by atoms with van der Waals surface area (Å²) in [6.45, 7) is 3.90. The summed E-state index contributed by atoms with van der Waals surface area (Å²) in [5.41, 5.74) is 0.896. The monoisotopic (exact) mass is 297 g/mol. The molecule has 3 nitrogen and oxygen atoms in total. The summed E-state index contributed by atoms with van der Waals surface area (Å²) in [5.74, 6) is 0.412. The number of furan rings is 1. The van der Waals surface area contributed by atoms with Crippen molar-refractivity contribution in [3.63, 3.8) is 0 Å². The predicted molar refractivity (Wildman–Crippen MR) is 76.4 cm³/mol. The summed E-state index contributed by atoms with van der Waals surface area (Å²) in [5, 5.41) is 3.31. The van der Waals surface area contributed by atoms with Gasteiger partial charge < -0.3 is 14.5 Å². The van der Waals surface area contributed by atoms with Crippen LogP contribution < -0.4 is 10.1 Å². The lowest BCUT2D eigenvalue weighted by molar-refractivity contribution is 0.286. The molecule has 20 heavy (non-hydrogen) atoms. The number of ether oxygens (including phenoxy) is 1. The van der Waals surface area contributed by atoms with Crippen LogP contribution in [0.3, 0.4) is 0 Å². The topological polar surface area (TPSA) is 34.4 Å². The maximum Gasteiger partial charge on any atom is 0.183 e. The van der Waals surface area contributed by atoms with E-state index in [4.69, 9.17) is 20.8 Å². The molecule has 0 atom stereocenters. The van der Waals surface area contributed by atoms with Gasteiger partial charge in [0.15, 0.2) is 11.6 Å². The highest BCUT2D eigenvalue weighted by atomic mass is 35.5. The Bertz CT molecular complexity index is 557. The second-order valence-electron chi connectivity index (χ2n) is 4.39. The minimum Gasteiger partial charge on any atom is -0.486 e. The normalized spacial score (nSPS) is 10.8. The van der Waals surface area contributed by atoms with Crippen molar-refractivity contribution in [2.75, 3.05) is 6.54 Å². The van der Waals surface area contributed by atoms with Crippen LogP contribution in [-0.2, 0) is 13.2 Å². The quantitative estimate of drug-likeness (QED) is 0.780. The lowest BCUT2D eigenvalue weighted by Crippen LogP contribution is -2.14. The van der Waals surface area contributed by atoms with Crippen LogP contribution >= 0.6 is 11.6 Å². The second kappa shape index (κ2) is 7.31. The fourth-order valence-corrected chi connectivity index (χ4v) is 1.95. The van der Waals surface area contributed by atoms with Crippen molar-refractivity contribution >= 4 is 11.6 Å². The molecule has 1 N–H and O–H groups in total. The maximum atomic E-state index is 13.7. The van der Waals surface area contributed by atoms with E-state index in [1.807, 2.05) is 6.07 Å². The minimum atomic E-state index is -0.539. The fraction of sp³-hybridized carbons (Fsp3) is 0.333. The molecule has 2 rings (SSSR count). The van der Waals surface area contributed by atoms with E-state index < -0.39 is 5.82 Å². The van der Waals surface area contributed by atoms with Gasteiger partial charge in [0.2, 0.25) is 0 Å². The van der Waals surface area contributed by atoms with E-state index in [9.17, 15) is 4.39 Å². The molecule has 1 heterocycles. The minimum absolute atomic E-state index is 0.0551. The van der Waals surface area contributed by atoms with Crippen molar-refractivity contribution in [3.05, 3.63) is 52.7 Å². The first kappa shape index (κ1) is 14.9. The SMILES string of the molecule is CCCNCc1occc1COc1cccc(Cl)c1F. The van der Waals surface area contributed by atoms with Gasteiger partial charge in [-0.05, 0) is 31.2 Å². The van der Waals surface area contributed by atoms with E-state index in [1.54, 1.807) is 18.4 Å². The van der Waals surface area contributed by atoms with Gasteiger partial charge in [-0.15, -0.1) is 0 Å². The molecule has 0 radical (unpaired) electrons. The molecule has 1 aromatic heterocycles. The van der Waals surface area contributed by atoms with Crippen molar-refractivity contribution in [2.24, 2.45) is 0 Å². The molecule has 0 saturated heterocycles. The third kappa shape index (κ3) is 3.74. The molecule has 0 bridgehead atoms. The molecule has 0 aliphatic rings. The van der Waals surface area contributed by atoms with Crippen LogP contribution in [0.25, 0.3) is 0 Å². The Morgan fingerprint density at radius 1 is 1.35 bits per heavy atom. The van der Waals surface area contributed by atoms with Crippen LogP contribution in [0.2, 0.25) is 5.02 Å². The molecule has 5 heteroatoms. The molecule has 0 aliphatic carbocycles. The van der Waals surface area contributed by atoms with Gasteiger partial charge in [-0.1, -0.05) is 24.6 Å². The summed E-state index contributed by atoms with van der Waals surface area (Å²) in [6.07, 6.45) is 2.66. The number of hydrogen-bond acceptors (Lipinski definition) is 3. The Labute approximate surface area is 122 Å². The highest BCUT2D eigenvalue weighted by Gasteiger charge is 2.10. The van der Waals surface area contributed by atoms with E-state index in [1.165, 1.54) is 6.07 Å². The zero-order chi connectivity index (χ0) is 14.4. The number of halogens is 2. The average Bonchev–Trinajstić information content (AvgIpc) is 2.88. The van der Waals surface area contributed by atoms with Gasteiger partial charge in [0.25, 0.3) is 0 Å². The van der Waals surface area contributed by atoms with Crippen LogP contribution in [0.4, 0.5) is 4.39 Å². The zero-order valence-electron chi connectivity index (χ0n) is 11.3. The summed E-state index contributed by atoms with van der Waals surface area (Å²) in [7, 11) is 0. The van der Waals surface area contributed by atoms with Crippen LogP contribution in [0.1, 0.15) is 24.7 Å². The van der Waals surface area contributed by atoms with Crippen molar-refractivity contribution in [1.82, 2.24) is 5.32 Å². The standard InChI is InChI=1S/C15H17ClFNO2/c1-2-7-18-9-14-11(6-8-19-14)10-20-13-5-3-4-12(16)15(13)17/h3-6,8,18H,2,7,9-10H2,1H3. The second-order valence-corrected chi connectivity index (χ2v) is 4.79. The first-order valence-electron chi connectivity index (χ1n) is 6.55. The van der Waals surface area contributed by atoms with Gasteiger partial charge in [-0.2, -0.15) is 0 Å². The highest BCUT2D eigenvalue weighted by Crippen LogP contribution is 2.25. The molecule has 0 fully saturated rings. The molecule has 1 aromatic carbocycles. The summed E-state index contributed by atoms with van der Waals surface area (Å²) >= 11 is 5.71. The predicted octanol–water partition coefficient (Wildman–Crippen LogP) is 4.15. The fourth-order valence-electron chi connectivity index (χ4n) is 1.78. The van der Waals surface area contributed by atoms with E-state index in [2.05, 4.69) is 12.2 Å². The summed E-state index contributed by atoms with van der Waals surface area (Å²) in [6, 6.07) is 6.52. The van der Waals surface area contributed by atoms with E-state index in [0.29, 0.717) is 6.54 Å². The van der Waals surface area contributed by atoms with Gasteiger partial charge >= 0.3 is 0 Å². The average molecular weight is 298 g/mol. The third-order valence-electron chi connectivity index (χ3n) is 2.85. The highest BCUT2D eigenvalue weighted by molar-refractivity contribution is 6.30. The van der Waals surface area contributed by atoms with Crippen molar-refractivity contribution < 1.29 is 13.5 Å². The number of hydrogen-bond donors (Lipinski definition) is 1. The molecule has 108 valence electrons. The Kier molecular flexibility index (Phi) is 5.44. The van der Waals surface area contributed by atoms with Gasteiger partial charge in [-0.3, -0.25) is 0 Å². The Balaban J connectivity index is 1.97. The zero-order valence-corrected chi connectivity index (χ0v) is 12.0. The molecular weight excluding hydrogens is 281 g/mol. The van der Waals surface area contributed by atoms with Gasteiger partial charge in [-0.25, -0.2) is 4.39 Å². The summed E-state index contributed by atoms with van der Waals surface area (Å²) < 4.78 is 24.5. The van der Waals surface area contributed by atoms with Gasteiger partial charge in [0.05, 0.1) is 17.8 Å². The molecule has 0 aliphatic heterocycles. The lowest BCUT2D eigenvalue weighted by atomic mass is 10.2. The van der Waals surface area contributed by atoms with Gasteiger partial charge in [0.1, 0.15) is 12.4 Å². The van der Waals surface area contributed by atoms with Crippen LogP contribution in [0.15, 0.2) is 34.9 Å². The Morgan fingerprint density at radius 3 is 3.00 bits per heavy atom. The van der Waals surface area contributed by atoms with Crippen LogP contribution in [0, 0.1) is 5.82 Å². The maximum absolute atomic E-state index is 13.7. The number of nitrogens with one attached hydrogen (secondary N) is 1. The summed E-state index contributed by atoms with van der Waals surface area (Å²) in [4.78, 5) is 0. The van der Waals surface area contributed by atoms with Crippen molar-refractivity contribution in [1.29, 1.82) is 0 Å². The van der Waals surface area contributed by atoms with Crippen molar-refractivity contribution in [2.45, 2.75) is 26.5 Å². The van der Waals surface area contributed by atoms with E-state index >= 15 is 0 Å². The third-order valence-corrected chi connectivity index (χ3v) is 3.14. The van der Waals surface area contributed by atoms with Crippen LogP contribution in [-0.4, -0.2) is 6.54 Å². The largest absolute Gasteiger partial charge is 0.486 e. The van der Waals surface area contributed by atoms with Crippen LogP contribution in [0.5, 0.6) is 5.75 Å². The van der Waals surface area contributed by atoms with Crippen molar-refractivity contribution in [3.8, 4) is 5.75 Å². The molecule has 0 unspecified atom stereocenters. The number of benzene rings is 1. The smallest absolute Gasteiger partial charge is 0.183 e. The Hall–Kier alpha value is -1.52. The van der Waals surface area contributed by atoms with E-state index in [-0.39, 0.29) is 17.4 Å². The molecule has 2 aromatic rings. The van der Waals surface area contributed by atoms with E-state index in [0.717, 1.165) is 24.3 Å². The molecule has 0 amide bonds. The first-order valence-corrected chi connectivity index (χ1v) is 6.93. The molecular formula is C15H17ClFNO2. The first-order chi connectivity index (χ1) is 9.72. The molecule has 0 spiro atoms. The van der Waals surface area contributed by atoms with Gasteiger partial charge in [0, 0.05) is 5.56 Å².